The average Bonchev–Trinajstić information content (AvgIpc) is 2.36. The molecular weight excluding hydrogens is 239 g/mol. The van der Waals surface area contributed by atoms with Gasteiger partial charge < -0.3 is 4.90 Å². The minimum absolute atomic E-state index is 0.327. The molecule has 0 aliphatic rings. The topological polar surface area (TPSA) is 27.0 Å². The van der Waals surface area contributed by atoms with Gasteiger partial charge in [0.2, 0.25) is 0 Å². The van der Waals surface area contributed by atoms with Crippen LogP contribution in [0, 0.1) is 17.1 Å². The first-order valence-electron chi connectivity index (χ1n) is 6.12. The number of halogens is 1. The smallest absolute Gasteiger partial charge is 0.126 e. The molecule has 0 heterocycles. The third-order valence-electron chi connectivity index (χ3n) is 3.14. The second kappa shape index (κ2) is 6.19. The maximum atomic E-state index is 13.4. The minimum Gasteiger partial charge on any atom is -0.348 e. The lowest BCUT2D eigenvalue weighted by Crippen LogP contribution is -2.14. The Kier molecular flexibility index (Phi) is 4.88. The van der Waals surface area contributed by atoms with Crippen LogP contribution in [-0.2, 0) is 0 Å². The molecule has 0 fully saturated rings. The van der Waals surface area contributed by atoms with E-state index in [-0.39, 0.29) is 0 Å². The highest BCUT2D eigenvalue weighted by molar-refractivity contribution is 5.55. The molecule has 3 heteroatoms. The molecule has 1 aromatic carbocycles. The zero-order valence-corrected chi connectivity index (χ0v) is 12.1. The summed E-state index contributed by atoms with van der Waals surface area (Å²) in [5.74, 6) is -0.396. The van der Waals surface area contributed by atoms with E-state index in [0.29, 0.717) is 11.3 Å². The Bertz CT molecular complexity index is 573. The van der Waals surface area contributed by atoms with E-state index in [9.17, 15) is 4.39 Å². The second-order valence-electron chi connectivity index (χ2n) is 4.84. The minimum atomic E-state index is -0.396. The average molecular weight is 258 g/mol. The van der Waals surface area contributed by atoms with Gasteiger partial charge in [-0.25, -0.2) is 4.39 Å². The number of nitriles is 1. The van der Waals surface area contributed by atoms with Crippen molar-refractivity contribution in [3.05, 3.63) is 52.5 Å². The molecule has 19 heavy (non-hydrogen) atoms. The van der Waals surface area contributed by atoms with E-state index in [1.54, 1.807) is 6.07 Å². The Morgan fingerprint density at radius 1 is 1.21 bits per heavy atom. The Morgan fingerprint density at radius 2 is 1.84 bits per heavy atom. The van der Waals surface area contributed by atoms with Crippen molar-refractivity contribution in [3.63, 3.8) is 0 Å². The van der Waals surface area contributed by atoms with Crippen LogP contribution in [0.2, 0.25) is 0 Å². The molecule has 0 aromatic heterocycles. The van der Waals surface area contributed by atoms with Crippen LogP contribution >= 0.6 is 0 Å². The van der Waals surface area contributed by atoms with Crippen LogP contribution < -0.4 is 4.90 Å². The summed E-state index contributed by atoms with van der Waals surface area (Å²) in [4.78, 5) is 1.87. The molecule has 0 N–H and O–H groups in total. The highest BCUT2D eigenvalue weighted by atomic mass is 19.1. The summed E-state index contributed by atoms with van der Waals surface area (Å²) in [5.41, 5.74) is 4.42. The molecule has 100 valence electrons. The molecule has 0 unspecified atom stereocenters. The van der Waals surface area contributed by atoms with Gasteiger partial charge in [-0.1, -0.05) is 11.1 Å². The lowest BCUT2D eigenvalue weighted by atomic mass is 10.1. The van der Waals surface area contributed by atoms with Gasteiger partial charge in [0.15, 0.2) is 0 Å². The third-order valence-corrected chi connectivity index (χ3v) is 3.14. The van der Waals surface area contributed by atoms with Gasteiger partial charge in [-0.2, -0.15) is 5.26 Å². The summed E-state index contributed by atoms with van der Waals surface area (Å²) in [6, 6.07) is 6.30. The Hall–Kier alpha value is -2.08. The lowest BCUT2D eigenvalue weighted by Gasteiger charge is -2.21. The van der Waals surface area contributed by atoms with E-state index in [1.165, 1.54) is 23.3 Å². The number of hydrogen-bond donors (Lipinski definition) is 0. The molecule has 0 aliphatic carbocycles. The number of benzene rings is 1. The van der Waals surface area contributed by atoms with E-state index in [4.69, 9.17) is 5.26 Å². The quantitative estimate of drug-likeness (QED) is 0.752. The number of nitrogens with zero attached hydrogens (tertiary/aromatic N) is 2. The molecule has 0 radical (unpaired) electrons. The van der Waals surface area contributed by atoms with Crippen LogP contribution in [0.4, 0.5) is 10.1 Å². The van der Waals surface area contributed by atoms with Crippen molar-refractivity contribution in [2.24, 2.45) is 0 Å². The number of rotatable bonds is 3. The second-order valence-corrected chi connectivity index (χ2v) is 4.84. The van der Waals surface area contributed by atoms with Crippen LogP contribution in [-0.4, -0.2) is 7.05 Å². The molecule has 1 aromatic rings. The van der Waals surface area contributed by atoms with Crippen molar-refractivity contribution in [3.8, 4) is 6.07 Å². The lowest BCUT2D eigenvalue weighted by molar-refractivity contribution is 0.627. The fourth-order valence-electron chi connectivity index (χ4n) is 1.59. The molecule has 0 bridgehead atoms. The highest BCUT2D eigenvalue weighted by Crippen LogP contribution is 2.21. The Balaban J connectivity index is 3.14. The van der Waals surface area contributed by atoms with Gasteiger partial charge in [0.1, 0.15) is 5.82 Å². The van der Waals surface area contributed by atoms with E-state index in [1.807, 2.05) is 37.9 Å². The molecule has 0 aliphatic heterocycles. The van der Waals surface area contributed by atoms with Gasteiger partial charge in [-0.05, 0) is 52.0 Å². The Labute approximate surface area is 114 Å². The fraction of sp³-hybridized carbons (Fsp3) is 0.312. The van der Waals surface area contributed by atoms with Crippen LogP contribution in [0.25, 0.3) is 0 Å². The molecular formula is C16H19FN2. The van der Waals surface area contributed by atoms with E-state index in [0.717, 1.165) is 5.70 Å². The van der Waals surface area contributed by atoms with E-state index >= 15 is 0 Å². The van der Waals surface area contributed by atoms with Gasteiger partial charge in [-0.3, -0.25) is 0 Å². The zero-order chi connectivity index (χ0) is 14.6. The molecule has 2 nitrogen and oxygen atoms in total. The first-order chi connectivity index (χ1) is 8.85. The predicted molar refractivity (Wildman–Crippen MR) is 77.3 cm³/mol. The SMILES string of the molecule is CC(C)=C(C)/C=C(/C)N(C)c1cc(F)cc(C#N)c1. The summed E-state index contributed by atoms with van der Waals surface area (Å²) >= 11 is 0. The molecule has 1 rings (SSSR count). The van der Waals surface area contributed by atoms with Gasteiger partial charge in [0.25, 0.3) is 0 Å². The summed E-state index contributed by atoms with van der Waals surface area (Å²) in [5, 5.41) is 8.87. The summed E-state index contributed by atoms with van der Waals surface area (Å²) in [6.45, 7) is 8.10. The largest absolute Gasteiger partial charge is 0.348 e. The van der Waals surface area contributed by atoms with Gasteiger partial charge in [-0.15, -0.1) is 0 Å². The summed E-state index contributed by atoms with van der Waals surface area (Å²) < 4.78 is 13.4. The Morgan fingerprint density at radius 3 is 2.37 bits per heavy atom. The summed E-state index contributed by atoms with van der Waals surface area (Å²) in [6.07, 6.45) is 2.05. The van der Waals surface area contributed by atoms with Crippen LogP contribution in [0.3, 0.4) is 0 Å². The number of allylic oxidation sites excluding steroid dienone is 4. The fourth-order valence-corrected chi connectivity index (χ4v) is 1.59. The van der Waals surface area contributed by atoms with Crippen LogP contribution in [0.1, 0.15) is 33.3 Å². The van der Waals surface area contributed by atoms with Crippen molar-refractivity contribution >= 4 is 5.69 Å². The van der Waals surface area contributed by atoms with Gasteiger partial charge in [0, 0.05) is 18.4 Å². The molecule has 0 saturated carbocycles. The van der Waals surface area contributed by atoms with Gasteiger partial charge in [0.05, 0.1) is 11.6 Å². The van der Waals surface area contributed by atoms with Crippen molar-refractivity contribution < 1.29 is 4.39 Å². The number of hydrogen-bond acceptors (Lipinski definition) is 2. The number of anilines is 1. The molecule has 0 spiro atoms. The standard InChI is InChI=1S/C16H19FN2/c1-11(2)12(3)6-13(4)19(5)16-8-14(10-18)7-15(17)9-16/h6-9H,1-5H3/b13-6-. The molecule has 0 atom stereocenters. The third kappa shape index (κ3) is 3.96. The van der Waals surface area contributed by atoms with Crippen molar-refractivity contribution in [1.82, 2.24) is 0 Å². The van der Waals surface area contributed by atoms with Crippen molar-refractivity contribution in [2.45, 2.75) is 27.7 Å². The van der Waals surface area contributed by atoms with E-state index in [2.05, 4.69) is 13.8 Å². The van der Waals surface area contributed by atoms with E-state index < -0.39 is 5.82 Å². The maximum Gasteiger partial charge on any atom is 0.126 e. The van der Waals surface area contributed by atoms with Crippen molar-refractivity contribution in [1.29, 1.82) is 5.26 Å². The van der Waals surface area contributed by atoms with Crippen LogP contribution in [0.15, 0.2) is 41.1 Å². The first-order valence-corrected chi connectivity index (χ1v) is 6.12. The van der Waals surface area contributed by atoms with Gasteiger partial charge >= 0.3 is 0 Å². The summed E-state index contributed by atoms with van der Waals surface area (Å²) in [7, 11) is 1.86. The molecule has 0 saturated heterocycles. The maximum absolute atomic E-state index is 13.4. The zero-order valence-electron chi connectivity index (χ0n) is 12.1. The van der Waals surface area contributed by atoms with Crippen molar-refractivity contribution in [2.75, 3.05) is 11.9 Å². The first kappa shape index (κ1) is 15.0. The van der Waals surface area contributed by atoms with Crippen LogP contribution in [0.5, 0.6) is 0 Å². The normalized spacial score (nSPS) is 10.9. The molecule has 0 amide bonds. The highest BCUT2D eigenvalue weighted by Gasteiger charge is 2.07. The monoisotopic (exact) mass is 258 g/mol. The predicted octanol–water partition coefficient (Wildman–Crippen LogP) is 4.39.